The molecule has 0 radical (unpaired) electrons. The third kappa shape index (κ3) is 4.22. The smallest absolute Gasteiger partial charge is 0.129 e. The van der Waals surface area contributed by atoms with Gasteiger partial charge in [0.25, 0.3) is 0 Å². The van der Waals surface area contributed by atoms with Gasteiger partial charge in [-0.05, 0) is 42.9 Å². The first kappa shape index (κ1) is 13.8. The van der Waals surface area contributed by atoms with Gasteiger partial charge >= 0.3 is 0 Å². The van der Waals surface area contributed by atoms with Crippen LogP contribution in [0.3, 0.4) is 0 Å². The summed E-state index contributed by atoms with van der Waals surface area (Å²) in [5.74, 6) is 1.71. The summed E-state index contributed by atoms with van der Waals surface area (Å²) in [5, 5.41) is 0. The van der Waals surface area contributed by atoms with Gasteiger partial charge in [0, 0.05) is 6.42 Å². The van der Waals surface area contributed by atoms with Gasteiger partial charge < -0.3 is 9.53 Å². The molecule has 1 aromatic carbocycles. The summed E-state index contributed by atoms with van der Waals surface area (Å²) in [6.07, 6.45) is 2.45. The van der Waals surface area contributed by atoms with E-state index >= 15 is 0 Å². The van der Waals surface area contributed by atoms with Crippen LogP contribution < -0.4 is 4.74 Å². The largest absolute Gasteiger partial charge is 0.496 e. The Hall–Kier alpha value is -1.31. The number of benzene rings is 1. The number of hydrogen-bond acceptors (Lipinski definition) is 2. The van der Waals surface area contributed by atoms with Gasteiger partial charge in [0.2, 0.25) is 0 Å². The summed E-state index contributed by atoms with van der Waals surface area (Å²) in [7, 11) is 1.70. The lowest BCUT2D eigenvalue weighted by atomic mass is 9.98. The first-order valence-electron chi connectivity index (χ1n) is 6.21. The van der Waals surface area contributed by atoms with E-state index in [4.69, 9.17) is 4.74 Å². The van der Waals surface area contributed by atoms with Crippen LogP contribution in [0.15, 0.2) is 18.2 Å². The summed E-state index contributed by atoms with van der Waals surface area (Å²) < 4.78 is 5.41. The van der Waals surface area contributed by atoms with Crippen molar-refractivity contribution in [1.82, 2.24) is 0 Å². The Morgan fingerprint density at radius 1 is 1.35 bits per heavy atom. The van der Waals surface area contributed by atoms with Crippen molar-refractivity contribution in [3.8, 4) is 5.75 Å². The molecule has 0 fully saturated rings. The van der Waals surface area contributed by atoms with Crippen molar-refractivity contribution in [1.29, 1.82) is 0 Å². The molecule has 0 aromatic heterocycles. The second kappa shape index (κ2) is 6.43. The molecule has 0 saturated heterocycles. The average molecular weight is 234 g/mol. The van der Waals surface area contributed by atoms with Crippen molar-refractivity contribution in [2.75, 3.05) is 7.11 Å². The van der Waals surface area contributed by atoms with Crippen LogP contribution >= 0.6 is 0 Å². The predicted molar refractivity (Wildman–Crippen MR) is 70.7 cm³/mol. The molecule has 1 aromatic rings. The van der Waals surface area contributed by atoms with Gasteiger partial charge in [0.05, 0.1) is 7.11 Å². The minimum absolute atomic E-state index is 0.253. The Labute approximate surface area is 104 Å². The molecule has 2 heteroatoms. The van der Waals surface area contributed by atoms with E-state index in [1.54, 1.807) is 14.0 Å². The van der Waals surface area contributed by atoms with E-state index < -0.39 is 0 Å². The highest BCUT2D eigenvalue weighted by atomic mass is 16.5. The van der Waals surface area contributed by atoms with Gasteiger partial charge in [-0.1, -0.05) is 26.0 Å². The molecule has 0 bridgehead atoms. The van der Waals surface area contributed by atoms with E-state index in [0.29, 0.717) is 12.3 Å². The number of carbonyl (C=O) groups excluding carboxylic acids is 1. The van der Waals surface area contributed by atoms with Crippen LogP contribution in [0.25, 0.3) is 0 Å². The number of ether oxygens (including phenoxy) is 1. The molecule has 0 unspecified atom stereocenters. The standard InChI is InChI=1S/C15H22O2/c1-11(2)14-9-8-13(15(10-14)17-4)7-5-6-12(3)16/h8-11H,5-7H2,1-4H3. The van der Waals surface area contributed by atoms with Crippen molar-refractivity contribution in [2.24, 2.45) is 0 Å². The SMILES string of the molecule is COc1cc(C(C)C)ccc1CCCC(C)=O. The Kier molecular flexibility index (Phi) is 5.20. The molecule has 0 aliphatic carbocycles. The number of aryl methyl sites for hydroxylation is 1. The van der Waals surface area contributed by atoms with Crippen LogP contribution in [0.5, 0.6) is 5.75 Å². The van der Waals surface area contributed by atoms with Crippen molar-refractivity contribution >= 4 is 5.78 Å². The minimum Gasteiger partial charge on any atom is -0.496 e. The number of methoxy groups -OCH3 is 1. The van der Waals surface area contributed by atoms with Crippen molar-refractivity contribution in [3.63, 3.8) is 0 Å². The highest BCUT2D eigenvalue weighted by molar-refractivity contribution is 5.75. The number of ketones is 1. The van der Waals surface area contributed by atoms with Crippen molar-refractivity contribution in [2.45, 2.75) is 46.0 Å². The lowest BCUT2D eigenvalue weighted by Gasteiger charge is -2.12. The van der Waals surface area contributed by atoms with Crippen LogP contribution in [-0.2, 0) is 11.2 Å². The summed E-state index contributed by atoms with van der Waals surface area (Å²) in [6.45, 7) is 5.98. The van der Waals surface area contributed by atoms with Crippen molar-refractivity contribution in [3.05, 3.63) is 29.3 Å². The fourth-order valence-corrected chi connectivity index (χ4v) is 1.85. The normalized spacial score (nSPS) is 10.6. The fraction of sp³-hybridized carbons (Fsp3) is 0.533. The van der Waals surface area contributed by atoms with Gasteiger partial charge in [-0.15, -0.1) is 0 Å². The molecule has 0 heterocycles. The fourth-order valence-electron chi connectivity index (χ4n) is 1.85. The zero-order valence-electron chi connectivity index (χ0n) is 11.2. The molecule has 0 aliphatic rings. The Morgan fingerprint density at radius 2 is 2.06 bits per heavy atom. The van der Waals surface area contributed by atoms with E-state index in [-0.39, 0.29) is 5.78 Å². The quantitative estimate of drug-likeness (QED) is 0.749. The average Bonchev–Trinajstić information content (AvgIpc) is 2.28. The Bertz CT molecular complexity index is 381. The second-order valence-electron chi connectivity index (χ2n) is 4.78. The molecule has 17 heavy (non-hydrogen) atoms. The number of hydrogen-bond donors (Lipinski definition) is 0. The third-order valence-electron chi connectivity index (χ3n) is 2.95. The molecule has 0 atom stereocenters. The molecular formula is C15H22O2. The zero-order chi connectivity index (χ0) is 12.8. The molecular weight excluding hydrogens is 212 g/mol. The van der Waals surface area contributed by atoms with Crippen LogP contribution in [0.4, 0.5) is 0 Å². The van der Waals surface area contributed by atoms with Crippen LogP contribution in [0.1, 0.15) is 50.7 Å². The monoisotopic (exact) mass is 234 g/mol. The number of Topliss-reactive ketones (excluding diaryl/α,β-unsaturated/α-hetero) is 1. The summed E-state index contributed by atoms with van der Waals surface area (Å²) >= 11 is 0. The second-order valence-corrected chi connectivity index (χ2v) is 4.78. The van der Waals surface area contributed by atoms with E-state index in [2.05, 4.69) is 32.0 Å². The van der Waals surface area contributed by atoms with Crippen molar-refractivity contribution < 1.29 is 9.53 Å². The Balaban J connectivity index is 2.74. The van der Waals surface area contributed by atoms with Crippen LogP contribution in [-0.4, -0.2) is 12.9 Å². The predicted octanol–water partition coefficient (Wildman–Crippen LogP) is 3.73. The zero-order valence-corrected chi connectivity index (χ0v) is 11.2. The lowest BCUT2D eigenvalue weighted by Crippen LogP contribution is -1.97. The summed E-state index contributed by atoms with van der Waals surface area (Å²) in [5.41, 5.74) is 2.48. The maximum atomic E-state index is 10.9. The van der Waals surface area contributed by atoms with E-state index in [9.17, 15) is 4.79 Å². The maximum Gasteiger partial charge on any atom is 0.129 e. The summed E-state index contributed by atoms with van der Waals surface area (Å²) in [6, 6.07) is 6.37. The number of carbonyl (C=O) groups is 1. The molecule has 0 aliphatic heterocycles. The molecule has 0 N–H and O–H groups in total. The van der Waals surface area contributed by atoms with E-state index in [1.807, 2.05) is 0 Å². The lowest BCUT2D eigenvalue weighted by molar-refractivity contribution is -0.117. The maximum absolute atomic E-state index is 10.9. The Morgan fingerprint density at radius 3 is 2.59 bits per heavy atom. The van der Waals surface area contributed by atoms with E-state index in [0.717, 1.165) is 18.6 Å². The molecule has 0 amide bonds. The minimum atomic E-state index is 0.253. The molecule has 1 rings (SSSR count). The first-order chi connectivity index (χ1) is 8.04. The van der Waals surface area contributed by atoms with E-state index in [1.165, 1.54) is 11.1 Å². The highest BCUT2D eigenvalue weighted by Crippen LogP contribution is 2.25. The molecule has 0 saturated carbocycles. The summed E-state index contributed by atoms with van der Waals surface area (Å²) in [4.78, 5) is 10.9. The number of rotatable bonds is 6. The molecule has 2 nitrogen and oxygen atoms in total. The highest BCUT2D eigenvalue weighted by Gasteiger charge is 2.07. The van der Waals surface area contributed by atoms with Crippen LogP contribution in [0.2, 0.25) is 0 Å². The molecule has 94 valence electrons. The van der Waals surface area contributed by atoms with Gasteiger partial charge in [-0.25, -0.2) is 0 Å². The third-order valence-corrected chi connectivity index (χ3v) is 2.95. The van der Waals surface area contributed by atoms with Crippen LogP contribution in [0, 0.1) is 0 Å². The van der Waals surface area contributed by atoms with Gasteiger partial charge in [-0.2, -0.15) is 0 Å². The van der Waals surface area contributed by atoms with Gasteiger partial charge in [0.1, 0.15) is 11.5 Å². The van der Waals surface area contributed by atoms with Gasteiger partial charge in [0.15, 0.2) is 0 Å². The topological polar surface area (TPSA) is 26.3 Å². The first-order valence-corrected chi connectivity index (χ1v) is 6.21. The molecule has 0 spiro atoms. The van der Waals surface area contributed by atoms with Gasteiger partial charge in [-0.3, -0.25) is 0 Å².